The lowest BCUT2D eigenvalue weighted by molar-refractivity contribution is -0.154. The van der Waals surface area contributed by atoms with Gasteiger partial charge in [0.1, 0.15) is 23.4 Å². The third kappa shape index (κ3) is 8.05. The number of carbonyl (C=O) groups is 2. The Hall–Kier alpha value is -4.00. The highest BCUT2D eigenvalue weighted by molar-refractivity contribution is 6.35. The molecule has 1 aliphatic rings. The maximum absolute atomic E-state index is 14.2. The highest BCUT2D eigenvalue weighted by Gasteiger charge is 2.34. The van der Waals surface area contributed by atoms with Gasteiger partial charge in [-0.05, 0) is 61.2 Å². The van der Waals surface area contributed by atoms with Gasteiger partial charge in [-0.15, -0.1) is 0 Å². The van der Waals surface area contributed by atoms with Crippen molar-refractivity contribution in [2.75, 3.05) is 26.8 Å². The number of likely N-dealkylation sites (N-methyl/N-ethyl adjacent to an activating group) is 1. The molecule has 0 aromatic heterocycles. The summed E-state index contributed by atoms with van der Waals surface area (Å²) < 4.78 is 25.8. The molecule has 0 bridgehead atoms. The normalized spacial score (nSPS) is 16.6. The van der Waals surface area contributed by atoms with Crippen LogP contribution < -0.4 is 9.47 Å². The second kappa shape index (κ2) is 14.8. The standard InChI is InChI=1S/C31H31Cl2FN4O4/c1-36-31(40)27(16-22-8-4-2-5-9-22)38(30(39)20-42-29-12-10-24(32)18-26(29)33)14-6-3-7-15-41-28-13-11-25(34)17-23(28)19-37(36)21-35/h2,4-5,8-13,17-18,27H,3,6-7,14-16,19-20H2,1H3/t27-/m0/s1. The number of rotatable bonds is 5. The third-order valence-corrected chi connectivity index (χ3v) is 7.47. The van der Waals surface area contributed by atoms with Gasteiger partial charge < -0.3 is 14.4 Å². The van der Waals surface area contributed by atoms with Gasteiger partial charge in [-0.2, -0.15) is 5.26 Å². The molecule has 0 N–H and O–H groups in total. The Morgan fingerprint density at radius 3 is 2.62 bits per heavy atom. The van der Waals surface area contributed by atoms with Gasteiger partial charge in [-0.25, -0.2) is 14.4 Å². The molecule has 0 fully saturated rings. The van der Waals surface area contributed by atoms with E-state index in [4.69, 9.17) is 32.7 Å². The number of carbonyl (C=O) groups excluding carboxylic acids is 2. The number of nitrogens with zero attached hydrogens (tertiary/aromatic N) is 4. The zero-order chi connectivity index (χ0) is 30.1. The second-order valence-electron chi connectivity index (χ2n) is 9.84. The molecule has 11 heteroatoms. The molecule has 0 spiro atoms. The molecule has 3 aromatic rings. The van der Waals surface area contributed by atoms with E-state index >= 15 is 0 Å². The summed E-state index contributed by atoms with van der Waals surface area (Å²) in [6.07, 6.45) is 4.22. The average Bonchev–Trinajstić information content (AvgIpc) is 2.98. The molecule has 1 aliphatic heterocycles. The zero-order valence-corrected chi connectivity index (χ0v) is 24.7. The van der Waals surface area contributed by atoms with Crippen LogP contribution in [0.3, 0.4) is 0 Å². The smallest absolute Gasteiger partial charge is 0.264 e. The fourth-order valence-corrected chi connectivity index (χ4v) is 5.16. The van der Waals surface area contributed by atoms with Crippen molar-refractivity contribution in [3.63, 3.8) is 0 Å². The lowest BCUT2D eigenvalue weighted by atomic mass is 10.0. The predicted molar refractivity (Wildman–Crippen MR) is 157 cm³/mol. The van der Waals surface area contributed by atoms with Crippen molar-refractivity contribution in [1.82, 2.24) is 14.9 Å². The molecule has 220 valence electrons. The molecular weight excluding hydrogens is 582 g/mol. The Morgan fingerprint density at radius 1 is 1.10 bits per heavy atom. The summed E-state index contributed by atoms with van der Waals surface area (Å²) in [4.78, 5) is 29.3. The molecule has 0 saturated heterocycles. The van der Waals surface area contributed by atoms with Crippen LogP contribution in [0.15, 0.2) is 66.7 Å². The van der Waals surface area contributed by atoms with Crippen LogP contribution in [0.2, 0.25) is 10.0 Å². The summed E-state index contributed by atoms with van der Waals surface area (Å²) in [5.41, 5.74) is 1.27. The fourth-order valence-electron chi connectivity index (χ4n) is 4.70. The van der Waals surface area contributed by atoms with Crippen LogP contribution in [0.25, 0.3) is 0 Å². The quantitative estimate of drug-likeness (QED) is 0.335. The van der Waals surface area contributed by atoms with E-state index in [1.165, 1.54) is 41.2 Å². The van der Waals surface area contributed by atoms with Gasteiger partial charge in [0.25, 0.3) is 11.8 Å². The molecule has 0 unspecified atom stereocenters. The predicted octanol–water partition coefficient (Wildman–Crippen LogP) is 5.87. The lowest BCUT2D eigenvalue weighted by Gasteiger charge is -2.36. The summed E-state index contributed by atoms with van der Waals surface area (Å²) in [5, 5.41) is 13.0. The van der Waals surface area contributed by atoms with E-state index in [9.17, 15) is 19.2 Å². The molecule has 1 atom stereocenters. The van der Waals surface area contributed by atoms with Crippen LogP contribution in [0, 0.1) is 17.3 Å². The van der Waals surface area contributed by atoms with Crippen molar-refractivity contribution in [1.29, 1.82) is 5.26 Å². The Morgan fingerprint density at radius 2 is 1.88 bits per heavy atom. The van der Waals surface area contributed by atoms with Gasteiger partial charge in [-0.3, -0.25) is 9.59 Å². The molecule has 2 amide bonds. The van der Waals surface area contributed by atoms with Crippen molar-refractivity contribution >= 4 is 35.0 Å². The molecule has 4 rings (SSSR count). The lowest BCUT2D eigenvalue weighted by Crippen LogP contribution is -2.55. The van der Waals surface area contributed by atoms with E-state index in [0.717, 1.165) is 17.0 Å². The van der Waals surface area contributed by atoms with Crippen molar-refractivity contribution in [3.8, 4) is 17.7 Å². The first-order valence-electron chi connectivity index (χ1n) is 13.5. The van der Waals surface area contributed by atoms with Gasteiger partial charge in [-0.1, -0.05) is 53.5 Å². The molecule has 3 aromatic carbocycles. The first-order chi connectivity index (χ1) is 20.3. The maximum atomic E-state index is 14.2. The highest BCUT2D eigenvalue weighted by atomic mass is 35.5. The molecular formula is C31H31Cl2FN4O4. The van der Waals surface area contributed by atoms with E-state index in [-0.39, 0.29) is 31.1 Å². The minimum atomic E-state index is -0.948. The van der Waals surface area contributed by atoms with Crippen LogP contribution in [0.1, 0.15) is 30.4 Å². The van der Waals surface area contributed by atoms with Crippen LogP contribution in [-0.4, -0.2) is 59.6 Å². The molecule has 0 radical (unpaired) electrons. The number of nitriles is 1. The number of hydrazine groups is 1. The Kier molecular flexibility index (Phi) is 10.9. The summed E-state index contributed by atoms with van der Waals surface area (Å²) in [5.74, 6) is -0.634. The summed E-state index contributed by atoms with van der Waals surface area (Å²) in [6.45, 7) is 0.193. The van der Waals surface area contributed by atoms with Gasteiger partial charge in [0.15, 0.2) is 12.8 Å². The monoisotopic (exact) mass is 612 g/mol. The molecule has 8 nitrogen and oxygen atoms in total. The number of halogens is 3. The minimum absolute atomic E-state index is 0.101. The molecule has 0 aliphatic carbocycles. The van der Waals surface area contributed by atoms with E-state index in [0.29, 0.717) is 41.5 Å². The third-order valence-electron chi connectivity index (χ3n) is 6.94. The first kappa shape index (κ1) is 30.9. The largest absolute Gasteiger partial charge is 0.493 e. The van der Waals surface area contributed by atoms with Crippen molar-refractivity contribution in [2.45, 2.75) is 38.3 Å². The number of fused-ring (bicyclic) bond motifs is 1. The van der Waals surface area contributed by atoms with Crippen LogP contribution in [0.5, 0.6) is 11.5 Å². The number of amides is 2. The molecule has 0 saturated carbocycles. The average molecular weight is 614 g/mol. The summed E-state index contributed by atoms with van der Waals surface area (Å²) >= 11 is 12.2. The number of hydrogen-bond donors (Lipinski definition) is 0. The Bertz CT molecular complexity index is 1440. The number of hydrogen-bond acceptors (Lipinski definition) is 6. The topological polar surface area (TPSA) is 86.1 Å². The van der Waals surface area contributed by atoms with Gasteiger partial charge in [0.2, 0.25) is 0 Å². The van der Waals surface area contributed by atoms with E-state index in [2.05, 4.69) is 0 Å². The van der Waals surface area contributed by atoms with Crippen molar-refractivity contribution in [3.05, 3.63) is 93.7 Å². The van der Waals surface area contributed by atoms with Crippen molar-refractivity contribution < 1.29 is 23.5 Å². The van der Waals surface area contributed by atoms with Gasteiger partial charge >= 0.3 is 0 Å². The van der Waals surface area contributed by atoms with E-state index < -0.39 is 23.7 Å². The van der Waals surface area contributed by atoms with E-state index in [1.54, 1.807) is 12.1 Å². The Balaban J connectivity index is 1.66. The highest BCUT2D eigenvalue weighted by Crippen LogP contribution is 2.28. The summed E-state index contributed by atoms with van der Waals surface area (Å²) in [6, 6.07) is 17.2. The van der Waals surface area contributed by atoms with E-state index in [1.807, 2.05) is 36.5 Å². The Labute approximate surface area is 254 Å². The maximum Gasteiger partial charge on any atom is 0.264 e. The zero-order valence-electron chi connectivity index (χ0n) is 23.1. The fraction of sp³-hybridized carbons (Fsp3) is 0.323. The van der Waals surface area contributed by atoms with Gasteiger partial charge in [0.05, 0.1) is 18.2 Å². The van der Waals surface area contributed by atoms with Crippen molar-refractivity contribution in [2.24, 2.45) is 0 Å². The number of ether oxygens (including phenoxy) is 2. The molecule has 42 heavy (non-hydrogen) atoms. The first-order valence-corrected chi connectivity index (χ1v) is 14.3. The van der Waals surface area contributed by atoms with Crippen LogP contribution in [0.4, 0.5) is 4.39 Å². The van der Waals surface area contributed by atoms with Crippen LogP contribution >= 0.6 is 23.2 Å². The number of benzene rings is 3. The summed E-state index contributed by atoms with van der Waals surface area (Å²) in [7, 11) is 1.46. The van der Waals surface area contributed by atoms with Gasteiger partial charge in [0, 0.05) is 30.6 Å². The molecule has 1 heterocycles. The SMILES string of the molecule is CN1C(=O)[C@H](Cc2ccccc2)N(C(=O)COc2ccc(Cl)cc2Cl)CCCCCOc2ccc(F)cc2CN1C#N. The van der Waals surface area contributed by atoms with Crippen LogP contribution in [-0.2, 0) is 22.6 Å². The minimum Gasteiger partial charge on any atom is -0.493 e. The second-order valence-corrected chi connectivity index (χ2v) is 10.7.